The summed E-state index contributed by atoms with van der Waals surface area (Å²) in [6.07, 6.45) is 3.34. The molecule has 0 unspecified atom stereocenters. The van der Waals surface area contributed by atoms with Crippen molar-refractivity contribution in [3.63, 3.8) is 0 Å². The second kappa shape index (κ2) is 9.54. The van der Waals surface area contributed by atoms with Crippen LogP contribution in [0.5, 0.6) is 5.75 Å². The normalized spacial score (nSPS) is 20.1. The Kier molecular flexibility index (Phi) is 7.09. The Balaban J connectivity index is 1.58. The predicted octanol–water partition coefficient (Wildman–Crippen LogP) is 3.13. The van der Waals surface area contributed by atoms with Gasteiger partial charge in [0.2, 0.25) is 0 Å². The molecule has 6 nitrogen and oxygen atoms in total. The number of hydrogen-bond acceptors (Lipinski definition) is 7. The Bertz CT molecular complexity index is 771. The van der Waals surface area contributed by atoms with Crippen LogP contribution >= 0.6 is 24.0 Å². The van der Waals surface area contributed by atoms with Crippen LogP contribution in [0.2, 0.25) is 0 Å². The SMILES string of the molecule is CCOC(=O)C1CCN(CN2C(=O)/C(=C\c3ccc(OC)cc3)SC2=S)CC1. The summed E-state index contributed by atoms with van der Waals surface area (Å²) < 4.78 is 10.8. The van der Waals surface area contributed by atoms with E-state index in [0.717, 1.165) is 37.2 Å². The molecular formula is C20H24N2O4S2. The standard InChI is InChI=1S/C20H24N2O4S2/c1-3-26-19(24)15-8-10-21(11-9-15)13-22-18(23)17(28-20(22)27)12-14-4-6-16(25-2)7-5-14/h4-7,12,15H,3,8-11,13H2,1-2H3/b17-12+. The highest BCUT2D eigenvalue weighted by Gasteiger charge is 2.34. The molecule has 2 aliphatic rings. The second-order valence-electron chi connectivity index (χ2n) is 6.67. The van der Waals surface area contributed by atoms with Crippen LogP contribution < -0.4 is 4.74 Å². The van der Waals surface area contributed by atoms with Crippen LogP contribution in [-0.2, 0) is 14.3 Å². The number of thiocarbonyl (C=S) groups is 1. The summed E-state index contributed by atoms with van der Waals surface area (Å²) in [5.74, 6) is 0.543. The van der Waals surface area contributed by atoms with Crippen LogP contribution in [0, 0.1) is 5.92 Å². The summed E-state index contributed by atoms with van der Waals surface area (Å²) in [6, 6.07) is 7.54. The Labute approximate surface area is 174 Å². The van der Waals surface area contributed by atoms with Crippen molar-refractivity contribution < 1.29 is 19.1 Å². The number of likely N-dealkylation sites (tertiary alicyclic amines) is 1. The molecule has 0 N–H and O–H groups in total. The van der Waals surface area contributed by atoms with Gasteiger partial charge >= 0.3 is 5.97 Å². The van der Waals surface area contributed by atoms with Gasteiger partial charge in [0.1, 0.15) is 10.1 Å². The fraction of sp³-hybridized carbons (Fsp3) is 0.450. The monoisotopic (exact) mass is 420 g/mol. The number of carbonyl (C=O) groups is 2. The summed E-state index contributed by atoms with van der Waals surface area (Å²) in [5.41, 5.74) is 0.927. The van der Waals surface area contributed by atoms with Gasteiger partial charge in [-0.15, -0.1) is 0 Å². The molecule has 2 saturated heterocycles. The first-order valence-corrected chi connectivity index (χ1v) is 10.5. The van der Waals surface area contributed by atoms with Crippen molar-refractivity contribution in [3.8, 4) is 5.75 Å². The molecule has 2 aliphatic heterocycles. The second-order valence-corrected chi connectivity index (χ2v) is 8.34. The van der Waals surface area contributed by atoms with E-state index in [-0.39, 0.29) is 17.8 Å². The molecule has 28 heavy (non-hydrogen) atoms. The van der Waals surface area contributed by atoms with E-state index in [0.29, 0.717) is 22.5 Å². The number of carbonyl (C=O) groups excluding carboxylic acids is 2. The molecule has 0 spiro atoms. The van der Waals surface area contributed by atoms with E-state index in [9.17, 15) is 9.59 Å². The van der Waals surface area contributed by atoms with E-state index < -0.39 is 0 Å². The summed E-state index contributed by atoms with van der Waals surface area (Å²) >= 11 is 6.75. The number of hydrogen-bond donors (Lipinski definition) is 0. The summed E-state index contributed by atoms with van der Waals surface area (Å²) in [7, 11) is 1.62. The van der Waals surface area contributed by atoms with Crippen molar-refractivity contribution in [2.75, 3.05) is 33.5 Å². The lowest BCUT2D eigenvalue weighted by atomic mass is 9.97. The third-order valence-electron chi connectivity index (χ3n) is 4.84. The maximum Gasteiger partial charge on any atom is 0.309 e. The summed E-state index contributed by atoms with van der Waals surface area (Å²) in [6.45, 7) is 4.19. The Hall–Kier alpha value is -1.90. The molecule has 0 radical (unpaired) electrons. The molecule has 0 aliphatic carbocycles. The van der Waals surface area contributed by atoms with Crippen LogP contribution in [0.15, 0.2) is 29.2 Å². The lowest BCUT2D eigenvalue weighted by Gasteiger charge is -2.33. The van der Waals surface area contributed by atoms with Crippen molar-refractivity contribution >= 4 is 46.3 Å². The molecular weight excluding hydrogens is 396 g/mol. The van der Waals surface area contributed by atoms with E-state index in [1.54, 1.807) is 12.0 Å². The van der Waals surface area contributed by atoms with Crippen molar-refractivity contribution in [3.05, 3.63) is 34.7 Å². The van der Waals surface area contributed by atoms with E-state index in [1.165, 1.54) is 11.8 Å². The highest BCUT2D eigenvalue weighted by atomic mass is 32.2. The van der Waals surface area contributed by atoms with Gasteiger partial charge in [0, 0.05) is 13.1 Å². The van der Waals surface area contributed by atoms with Crippen molar-refractivity contribution in [2.45, 2.75) is 19.8 Å². The van der Waals surface area contributed by atoms with Gasteiger partial charge in [-0.05, 0) is 43.5 Å². The van der Waals surface area contributed by atoms with Crippen molar-refractivity contribution in [2.24, 2.45) is 5.92 Å². The van der Waals surface area contributed by atoms with Crippen LogP contribution in [-0.4, -0.2) is 59.5 Å². The smallest absolute Gasteiger partial charge is 0.309 e. The zero-order chi connectivity index (χ0) is 20.1. The van der Waals surface area contributed by atoms with Gasteiger partial charge in [-0.3, -0.25) is 19.4 Å². The largest absolute Gasteiger partial charge is 0.497 e. The lowest BCUT2D eigenvalue weighted by Crippen LogP contribution is -2.45. The van der Waals surface area contributed by atoms with E-state index in [1.807, 2.05) is 37.3 Å². The molecule has 2 heterocycles. The highest BCUT2D eigenvalue weighted by molar-refractivity contribution is 8.26. The molecule has 150 valence electrons. The number of thioether (sulfide) groups is 1. The molecule has 0 saturated carbocycles. The minimum atomic E-state index is -0.116. The Morgan fingerprint density at radius 3 is 2.57 bits per heavy atom. The van der Waals surface area contributed by atoms with Crippen LogP contribution in [0.1, 0.15) is 25.3 Å². The topological polar surface area (TPSA) is 59.1 Å². The number of esters is 1. The van der Waals surface area contributed by atoms with Gasteiger partial charge in [-0.1, -0.05) is 36.1 Å². The fourth-order valence-electron chi connectivity index (χ4n) is 3.24. The Morgan fingerprint density at radius 2 is 1.96 bits per heavy atom. The summed E-state index contributed by atoms with van der Waals surface area (Å²) in [4.78, 5) is 29.1. The first-order chi connectivity index (χ1) is 13.5. The van der Waals surface area contributed by atoms with Gasteiger partial charge in [0.15, 0.2) is 0 Å². The van der Waals surface area contributed by atoms with E-state index in [4.69, 9.17) is 21.7 Å². The minimum Gasteiger partial charge on any atom is -0.497 e. The quantitative estimate of drug-likeness (QED) is 0.398. The number of ether oxygens (including phenoxy) is 2. The van der Waals surface area contributed by atoms with E-state index >= 15 is 0 Å². The molecule has 3 rings (SSSR count). The van der Waals surface area contributed by atoms with Crippen LogP contribution in [0.4, 0.5) is 0 Å². The van der Waals surface area contributed by atoms with Gasteiger partial charge in [0.05, 0.1) is 31.2 Å². The van der Waals surface area contributed by atoms with Crippen LogP contribution in [0.3, 0.4) is 0 Å². The molecule has 1 amide bonds. The molecule has 1 aromatic carbocycles. The highest BCUT2D eigenvalue weighted by Crippen LogP contribution is 2.33. The van der Waals surface area contributed by atoms with Gasteiger partial charge in [0.25, 0.3) is 5.91 Å². The molecule has 8 heteroatoms. The molecule has 1 aromatic rings. The first kappa shape index (κ1) is 20.8. The number of amides is 1. The number of piperidine rings is 1. The predicted molar refractivity (Wildman–Crippen MR) is 114 cm³/mol. The number of benzene rings is 1. The molecule has 0 atom stereocenters. The Morgan fingerprint density at radius 1 is 1.29 bits per heavy atom. The average Bonchev–Trinajstić information content (AvgIpc) is 2.96. The zero-order valence-electron chi connectivity index (χ0n) is 16.1. The maximum absolute atomic E-state index is 12.8. The fourth-order valence-corrected chi connectivity index (χ4v) is 4.49. The van der Waals surface area contributed by atoms with Gasteiger partial charge in [-0.25, -0.2) is 0 Å². The maximum atomic E-state index is 12.8. The molecule has 0 aromatic heterocycles. The summed E-state index contributed by atoms with van der Waals surface area (Å²) in [5, 5.41) is 0. The van der Waals surface area contributed by atoms with Crippen molar-refractivity contribution in [1.82, 2.24) is 9.80 Å². The number of rotatable bonds is 6. The number of nitrogens with zero attached hydrogens (tertiary/aromatic N) is 2. The first-order valence-electron chi connectivity index (χ1n) is 9.30. The number of methoxy groups -OCH3 is 1. The van der Waals surface area contributed by atoms with Gasteiger partial charge < -0.3 is 9.47 Å². The van der Waals surface area contributed by atoms with E-state index in [2.05, 4.69) is 4.90 Å². The molecule has 2 fully saturated rings. The third-order valence-corrected chi connectivity index (χ3v) is 6.21. The third kappa shape index (κ3) is 4.92. The minimum absolute atomic E-state index is 0.0441. The zero-order valence-corrected chi connectivity index (χ0v) is 17.7. The van der Waals surface area contributed by atoms with Gasteiger partial charge in [-0.2, -0.15) is 0 Å². The van der Waals surface area contributed by atoms with Crippen molar-refractivity contribution in [1.29, 1.82) is 0 Å². The van der Waals surface area contributed by atoms with Crippen LogP contribution in [0.25, 0.3) is 6.08 Å². The lowest BCUT2D eigenvalue weighted by molar-refractivity contribution is -0.150. The average molecular weight is 421 g/mol. The molecule has 0 bridgehead atoms.